The number of nitrogens with one attached hydrogen (secondary N) is 1. The van der Waals surface area contributed by atoms with Gasteiger partial charge in [0.2, 0.25) is 0 Å². The first-order valence-corrected chi connectivity index (χ1v) is 7.48. The topological polar surface area (TPSA) is 86.7 Å². The van der Waals surface area contributed by atoms with Crippen molar-refractivity contribution in [3.05, 3.63) is 35.4 Å². The van der Waals surface area contributed by atoms with Gasteiger partial charge in [0.05, 0.1) is 6.42 Å². The molecule has 1 unspecified atom stereocenters. The van der Waals surface area contributed by atoms with Crippen molar-refractivity contribution in [1.29, 1.82) is 0 Å². The molecule has 0 aromatic heterocycles. The molecule has 0 radical (unpaired) electrons. The fourth-order valence-electron chi connectivity index (χ4n) is 1.60. The smallest absolute Gasteiger partial charge is 0.304 e. The van der Waals surface area contributed by atoms with Crippen molar-refractivity contribution in [3.63, 3.8) is 0 Å². The molecule has 1 aromatic rings. The molecule has 0 saturated carbocycles. The van der Waals surface area contributed by atoms with Crippen LogP contribution >= 0.6 is 0 Å². The Hall–Kier alpha value is -1.58. The lowest BCUT2D eigenvalue weighted by molar-refractivity contribution is -0.137. The standard InChI is InChI=1S/C12H16F2N2O4S/c1-8(10-7-9(13)3-4-11(10)14)15-21(19,20)16(2)6-5-12(17)18/h3-4,7-8,15H,5-6H2,1-2H3,(H,17,18). The van der Waals surface area contributed by atoms with Crippen LogP contribution in [0.15, 0.2) is 18.2 Å². The SMILES string of the molecule is CC(NS(=O)(=O)N(C)CCC(=O)O)c1cc(F)ccc1F. The van der Waals surface area contributed by atoms with E-state index >= 15 is 0 Å². The molecule has 0 aliphatic rings. The lowest BCUT2D eigenvalue weighted by Crippen LogP contribution is -2.40. The summed E-state index contributed by atoms with van der Waals surface area (Å²) in [6.45, 7) is 1.13. The average Bonchev–Trinajstić information content (AvgIpc) is 2.37. The van der Waals surface area contributed by atoms with Gasteiger partial charge in [0.15, 0.2) is 0 Å². The van der Waals surface area contributed by atoms with Crippen LogP contribution in [0.3, 0.4) is 0 Å². The van der Waals surface area contributed by atoms with Gasteiger partial charge in [0, 0.05) is 25.2 Å². The van der Waals surface area contributed by atoms with Gasteiger partial charge in [0.25, 0.3) is 10.2 Å². The summed E-state index contributed by atoms with van der Waals surface area (Å²) in [4.78, 5) is 10.4. The predicted molar refractivity (Wildman–Crippen MR) is 71.7 cm³/mol. The minimum absolute atomic E-state index is 0.134. The highest BCUT2D eigenvalue weighted by Gasteiger charge is 2.23. The number of nitrogens with zero attached hydrogens (tertiary/aromatic N) is 1. The largest absolute Gasteiger partial charge is 0.481 e. The Morgan fingerprint density at radius 3 is 2.62 bits per heavy atom. The normalized spacial score (nSPS) is 13.4. The molecule has 118 valence electrons. The van der Waals surface area contributed by atoms with E-state index in [2.05, 4.69) is 4.72 Å². The first kappa shape index (κ1) is 17.5. The minimum Gasteiger partial charge on any atom is -0.481 e. The monoisotopic (exact) mass is 322 g/mol. The minimum atomic E-state index is -4.00. The maximum Gasteiger partial charge on any atom is 0.304 e. The lowest BCUT2D eigenvalue weighted by Gasteiger charge is -2.21. The van der Waals surface area contributed by atoms with Crippen molar-refractivity contribution in [2.24, 2.45) is 0 Å². The number of carboxylic acids is 1. The molecule has 0 aliphatic carbocycles. The molecule has 0 saturated heterocycles. The van der Waals surface area contributed by atoms with Gasteiger partial charge in [-0.15, -0.1) is 0 Å². The zero-order valence-electron chi connectivity index (χ0n) is 11.5. The number of hydrogen-bond donors (Lipinski definition) is 2. The van der Waals surface area contributed by atoms with Crippen LogP contribution in [0.1, 0.15) is 24.9 Å². The number of carboxylic acid groups (broad SMARTS) is 1. The van der Waals surface area contributed by atoms with Crippen LogP contribution < -0.4 is 4.72 Å². The first-order valence-electron chi connectivity index (χ1n) is 6.04. The van der Waals surface area contributed by atoms with Gasteiger partial charge in [-0.05, 0) is 25.1 Å². The van der Waals surface area contributed by atoms with E-state index in [1.165, 1.54) is 14.0 Å². The summed E-state index contributed by atoms with van der Waals surface area (Å²) in [6, 6.07) is 1.74. The molecule has 0 spiro atoms. The summed E-state index contributed by atoms with van der Waals surface area (Å²) in [5.74, 6) is -2.56. The van der Waals surface area contributed by atoms with Gasteiger partial charge in [-0.1, -0.05) is 0 Å². The molecule has 0 fully saturated rings. The summed E-state index contributed by atoms with van der Waals surface area (Å²) < 4.78 is 53.5. The maximum atomic E-state index is 13.6. The van der Waals surface area contributed by atoms with E-state index in [0.717, 1.165) is 22.5 Å². The van der Waals surface area contributed by atoms with Crippen molar-refractivity contribution < 1.29 is 27.1 Å². The summed E-state index contributed by atoms with van der Waals surface area (Å²) in [7, 11) is -2.81. The second kappa shape index (κ2) is 6.92. The van der Waals surface area contributed by atoms with E-state index in [0.29, 0.717) is 0 Å². The Kier molecular flexibility index (Phi) is 5.76. The zero-order chi connectivity index (χ0) is 16.2. The number of rotatable bonds is 7. The second-order valence-electron chi connectivity index (χ2n) is 4.48. The Morgan fingerprint density at radius 2 is 2.05 bits per heavy atom. The van der Waals surface area contributed by atoms with Crippen LogP contribution in [0.5, 0.6) is 0 Å². The van der Waals surface area contributed by atoms with Crippen LogP contribution in [0.25, 0.3) is 0 Å². The Morgan fingerprint density at radius 1 is 1.43 bits per heavy atom. The quantitative estimate of drug-likeness (QED) is 0.791. The van der Waals surface area contributed by atoms with Gasteiger partial charge in [-0.2, -0.15) is 17.4 Å². The molecule has 0 heterocycles. The molecule has 1 atom stereocenters. The number of aliphatic carboxylic acids is 1. The summed E-state index contributed by atoms with van der Waals surface area (Å²) in [5.41, 5.74) is -0.134. The van der Waals surface area contributed by atoms with E-state index in [1.54, 1.807) is 0 Å². The second-order valence-corrected chi connectivity index (χ2v) is 6.28. The van der Waals surface area contributed by atoms with Crippen molar-refractivity contribution in [1.82, 2.24) is 9.03 Å². The number of carbonyl (C=O) groups is 1. The van der Waals surface area contributed by atoms with Crippen molar-refractivity contribution in [3.8, 4) is 0 Å². The molecule has 1 aromatic carbocycles. The van der Waals surface area contributed by atoms with Crippen LogP contribution in [0.4, 0.5) is 8.78 Å². The third-order valence-electron chi connectivity index (χ3n) is 2.80. The highest BCUT2D eigenvalue weighted by Crippen LogP contribution is 2.19. The molecule has 6 nitrogen and oxygen atoms in total. The number of halogens is 2. The molecule has 2 N–H and O–H groups in total. The van der Waals surface area contributed by atoms with E-state index in [9.17, 15) is 22.0 Å². The van der Waals surface area contributed by atoms with Crippen LogP contribution in [0, 0.1) is 11.6 Å². The molecule has 1 rings (SSSR count). The van der Waals surface area contributed by atoms with E-state index in [1.807, 2.05) is 0 Å². The van der Waals surface area contributed by atoms with Gasteiger partial charge in [-0.25, -0.2) is 8.78 Å². The van der Waals surface area contributed by atoms with Gasteiger partial charge in [-0.3, -0.25) is 4.79 Å². The molecular formula is C12H16F2N2O4S. The lowest BCUT2D eigenvalue weighted by atomic mass is 10.1. The Bertz CT molecular complexity index is 622. The number of hydrogen-bond acceptors (Lipinski definition) is 3. The van der Waals surface area contributed by atoms with Crippen LogP contribution in [-0.2, 0) is 15.0 Å². The third-order valence-corrected chi connectivity index (χ3v) is 4.46. The van der Waals surface area contributed by atoms with E-state index < -0.39 is 33.9 Å². The third kappa shape index (κ3) is 5.03. The van der Waals surface area contributed by atoms with Crippen molar-refractivity contribution >= 4 is 16.2 Å². The molecule has 0 bridgehead atoms. The molecule has 21 heavy (non-hydrogen) atoms. The van der Waals surface area contributed by atoms with Crippen molar-refractivity contribution in [2.75, 3.05) is 13.6 Å². The zero-order valence-corrected chi connectivity index (χ0v) is 12.3. The van der Waals surface area contributed by atoms with E-state index in [4.69, 9.17) is 5.11 Å². The summed E-state index contributed by atoms with van der Waals surface area (Å²) in [6.07, 6.45) is -0.361. The molecule has 9 heteroatoms. The fraction of sp³-hybridized carbons (Fsp3) is 0.417. The molecular weight excluding hydrogens is 306 g/mol. The summed E-state index contributed by atoms with van der Waals surface area (Å²) in [5, 5.41) is 8.52. The predicted octanol–water partition coefficient (Wildman–Crippen LogP) is 1.27. The number of benzene rings is 1. The maximum absolute atomic E-state index is 13.6. The van der Waals surface area contributed by atoms with Gasteiger partial charge in [0.1, 0.15) is 11.6 Å². The van der Waals surface area contributed by atoms with Crippen LogP contribution in [-0.4, -0.2) is 37.4 Å². The fourth-order valence-corrected chi connectivity index (χ4v) is 2.68. The highest BCUT2D eigenvalue weighted by molar-refractivity contribution is 7.87. The van der Waals surface area contributed by atoms with Crippen molar-refractivity contribution in [2.45, 2.75) is 19.4 Å². The highest BCUT2D eigenvalue weighted by atomic mass is 32.2. The van der Waals surface area contributed by atoms with E-state index in [-0.39, 0.29) is 18.5 Å². The Labute approximate surface area is 121 Å². The molecule has 0 amide bonds. The molecule has 0 aliphatic heterocycles. The van der Waals surface area contributed by atoms with Gasteiger partial charge < -0.3 is 5.11 Å². The Balaban J connectivity index is 2.83. The first-order chi connectivity index (χ1) is 9.63. The average molecular weight is 322 g/mol. The summed E-state index contributed by atoms with van der Waals surface area (Å²) >= 11 is 0. The van der Waals surface area contributed by atoms with Crippen LogP contribution in [0.2, 0.25) is 0 Å². The van der Waals surface area contributed by atoms with Gasteiger partial charge >= 0.3 is 5.97 Å².